The molecule has 0 amide bonds. The molecule has 0 aromatic carbocycles. The third-order valence-corrected chi connectivity index (χ3v) is 5.59. The Morgan fingerprint density at radius 3 is 3.00 bits per heavy atom. The number of ether oxygens (including phenoxy) is 2. The van der Waals surface area contributed by atoms with Gasteiger partial charge in [-0.1, -0.05) is 0 Å². The molecule has 0 saturated carbocycles. The smallest absolute Gasteiger partial charge is 0.208 e. The summed E-state index contributed by atoms with van der Waals surface area (Å²) in [5.74, 6) is 0.671. The van der Waals surface area contributed by atoms with Gasteiger partial charge in [-0.05, 0) is 11.7 Å². The molecular formula is C12H17N5O2S. The quantitative estimate of drug-likeness (QED) is 0.588. The van der Waals surface area contributed by atoms with E-state index in [1.165, 1.54) is 0 Å². The molecule has 20 heavy (non-hydrogen) atoms. The molecule has 108 valence electrons. The summed E-state index contributed by atoms with van der Waals surface area (Å²) in [5, 5.41) is 13.6. The van der Waals surface area contributed by atoms with Crippen LogP contribution in [0.2, 0.25) is 0 Å². The molecule has 1 atom stereocenters. The predicted octanol–water partition coefficient (Wildman–Crippen LogP) is 0.377. The van der Waals surface area contributed by atoms with Gasteiger partial charge in [0.25, 0.3) is 0 Å². The van der Waals surface area contributed by atoms with Crippen molar-refractivity contribution in [2.45, 2.75) is 5.79 Å². The molecule has 8 heteroatoms. The van der Waals surface area contributed by atoms with Crippen molar-refractivity contribution in [3.63, 3.8) is 0 Å². The summed E-state index contributed by atoms with van der Waals surface area (Å²) >= 11 is 0. The minimum Gasteiger partial charge on any atom is -0.344 e. The summed E-state index contributed by atoms with van der Waals surface area (Å²) in [6.07, 6.45) is 5.93. The summed E-state index contributed by atoms with van der Waals surface area (Å²) < 4.78 is 11.4. The largest absolute Gasteiger partial charge is 0.344 e. The van der Waals surface area contributed by atoms with Crippen molar-refractivity contribution in [3.8, 4) is 6.19 Å². The number of nitrogens with one attached hydrogen (secondary N) is 1. The second-order valence-electron chi connectivity index (χ2n) is 5.08. The molecule has 1 unspecified atom stereocenters. The lowest BCUT2D eigenvalue weighted by Crippen LogP contribution is -2.56. The van der Waals surface area contributed by atoms with Gasteiger partial charge in [0.1, 0.15) is 0 Å². The number of nitrogens with zero attached hydrogens (tertiary/aromatic N) is 4. The highest BCUT2D eigenvalue weighted by Crippen LogP contribution is 2.46. The monoisotopic (exact) mass is 295 g/mol. The van der Waals surface area contributed by atoms with E-state index in [9.17, 15) is 0 Å². The van der Waals surface area contributed by atoms with E-state index in [1.807, 2.05) is 22.8 Å². The first-order valence-electron chi connectivity index (χ1n) is 6.33. The first kappa shape index (κ1) is 13.4. The lowest BCUT2D eigenvalue weighted by molar-refractivity contribution is -0.158. The van der Waals surface area contributed by atoms with E-state index >= 15 is 0 Å². The van der Waals surface area contributed by atoms with Gasteiger partial charge < -0.3 is 14.4 Å². The normalized spacial score (nSPS) is 33.8. The van der Waals surface area contributed by atoms with E-state index in [-0.39, 0.29) is 0 Å². The van der Waals surface area contributed by atoms with Gasteiger partial charge in [0.15, 0.2) is 6.19 Å². The molecule has 3 aliphatic rings. The van der Waals surface area contributed by atoms with Crippen LogP contribution >= 0.6 is 10.0 Å². The zero-order valence-corrected chi connectivity index (χ0v) is 12.1. The fraction of sp³-hybridized carbons (Fsp3) is 0.583. The number of aliphatic imine (C=N–C) groups is 2. The van der Waals surface area contributed by atoms with Gasteiger partial charge in [-0.15, -0.1) is 0 Å². The number of rotatable bonds is 2. The van der Waals surface area contributed by atoms with Gasteiger partial charge in [0.2, 0.25) is 11.7 Å². The molecule has 7 nitrogen and oxygen atoms in total. The van der Waals surface area contributed by atoms with Crippen LogP contribution in [0.5, 0.6) is 0 Å². The minimum absolute atomic E-state index is 0.420. The van der Waals surface area contributed by atoms with Crippen LogP contribution in [0, 0.1) is 11.5 Å². The topological polar surface area (TPSA) is 82.2 Å². The molecule has 3 rings (SSSR count). The highest BCUT2D eigenvalue weighted by atomic mass is 32.3. The Bertz CT molecular complexity index is 506. The molecule has 1 N–H and O–H groups in total. The maximum Gasteiger partial charge on any atom is 0.208 e. The zero-order valence-electron chi connectivity index (χ0n) is 11.3. The Hall–Kier alpha value is -1.56. The van der Waals surface area contributed by atoms with Gasteiger partial charge in [0, 0.05) is 11.7 Å². The molecule has 0 aromatic heterocycles. The van der Waals surface area contributed by atoms with E-state index in [0.29, 0.717) is 32.3 Å². The molecule has 0 aliphatic carbocycles. The molecule has 1 spiro atoms. The van der Waals surface area contributed by atoms with Crippen LogP contribution in [0.25, 0.3) is 0 Å². The van der Waals surface area contributed by atoms with E-state index in [4.69, 9.17) is 14.7 Å². The molecule has 0 aromatic rings. The number of nitriles is 1. The molecular weight excluding hydrogens is 278 g/mol. The summed E-state index contributed by atoms with van der Waals surface area (Å²) in [7, 11) is -1.09. The third kappa shape index (κ3) is 2.52. The van der Waals surface area contributed by atoms with Crippen molar-refractivity contribution in [3.05, 3.63) is 11.6 Å². The fourth-order valence-electron chi connectivity index (χ4n) is 2.46. The zero-order chi connectivity index (χ0) is 14.1. The van der Waals surface area contributed by atoms with Crippen molar-refractivity contribution in [1.82, 2.24) is 10.2 Å². The molecule has 0 radical (unpaired) electrons. The van der Waals surface area contributed by atoms with Crippen molar-refractivity contribution < 1.29 is 9.47 Å². The molecule has 1 saturated heterocycles. The summed E-state index contributed by atoms with van der Waals surface area (Å²) in [6.45, 7) is 2.18. The first-order chi connectivity index (χ1) is 9.65. The van der Waals surface area contributed by atoms with Crippen molar-refractivity contribution >= 4 is 21.5 Å². The van der Waals surface area contributed by atoms with Gasteiger partial charge in [-0.2, -0.15) is 15.3 Å². The Balaban J connectivity index is 1.79. The summed E-state index contributed by atoms with van der Waals surface area (Å²) in [6, 6.07) is 0. The number of hydrogen-bond acceptors (Lipinski definition) is 7. The van der Waals surface area contributed by atoms with Gasteiger partial charge in [0.05, 0.1) is 32.2 Å². The molecule has 1 fully saturated rings. The number of guanidine groups is 1. The maximum absolute atomic E-state index is 8.85. The van der Waals surface area contributed by atoms with Crippen LogP contribution in [0.4, 0.5) is 0 Å². The fourth-order valence-corrected chi connectivity index (χ4v) is 4.27. The second kappa shape index (κ2) is 5.09. The average Bonchev–Trinajstić information content (AvgIpc) is 3.04. The van der Waals surface area contributed by atoms with E-state index < -0.39 is 15.8 Å². The minimum atomic E-state index is -1.09. The highest BCUT2D eigenvalue weighted by Gasteiger charge is 2.43. The van der Waals surface area contributed by atoms with Crippen LogP contribution < -0.4 is 5.32 Å². The van der Waals surface area contributed by atoms with Gasteiger partial charge >= 0.3 is 0 Å². The van der Waals surface area contributed by atoms with Crippen molar-refractivity contribution in [2.75, 3.05) is 38.4 Å². The Morgan fingerprint density at radius 2 is 2.35 bits per heavy atom. The average molecular weight is 295 g/mol. The molecule has 3 heterocycles. The Labute approximate surface area is 119 Å². The van der Waals surface area contributed by atoms with E-state index in [0.717, 1.165) is 5.88 Å². The Kier molecular flexibility index (Phi) is 3.41. The highest BCUT2D eigenvalue weighted by molar-refractivity contribution is 8.45. The SMILES string of the molecule is CS1(CN2CC3(CN=C2NC#N)OCCO3)C=CN=C1. The van der Waals surface area contributed by atoms with Crippen LogP contribution in [0.3, 0.4) is 0 Å². The van der Waals surface area contributed by atoms with Crippen LogP contribution in [0.15, 0.2) is 21.6 Å². The third-order valence-electron chi connectivity index (χ3n) is 3.38. The summed E-state index contributed by atoms with van der Waals surface area (Å²) in [4.78, 5) is 10.6. The second-order valence-corrected chi connectivity index (χ2v) is 8.28. The van der Waals surface area contributed by atoms with Crippen LogP contribution in [-0.4, -0.2) is 60.6 Å². The first-order valence-corrected chi connectivity index (χ1v) is 8.67. The predicted molar refractivity (Wildman–Crippen MR) is 78.4 cm³/mol. The lowest BCUT2D eigenvalue weighted by atomic mass is 10.2. The summed E-state index contributed by atoms with van der Waals surface area (Å²) in [5.41, 5.74) is 1.98. The van der Waals surface area contributed by atoms with E-state index in [1.54, 1.807) is 0 Å². The molecule has 0 bridgehead atoms. The van der Waals surface area contributed by atoms with Crippen molar-refractivity contribution in [1.29, 1.82) is 5.26 Å². The van der Waals surface area contributed by atoms with Gasteiger partial charge in [-0.3, -0.25) is 10.3 Å². The molecule has 3 aliphatic heterocycles. The van der Waals surface area contributed by atoms with Crippen LogP contribution in [0.1, 0.15) is 0 Å². The van der Waals surface area contributed by atoms with Crippen molar-refractivity contribution in [2.24, 2.45) is 9.98 Å². The van der Waals surface area contributed by atoms with Crippen LogP contribution in [-0.2, 0) is 9.47 Å². The standard InChI is InChI=1S/C12H17N5O2S/c1-20(5-2-14-9-20)10-17-7-12(18-3-4-19-12)6-15-11(17)16-8-13/h2,5,9H,3-4,6-7,10H2,1H3,(H,15,16). The lowest BCUT2D eigenvalue weighted by Gasteiger charge is -2.41. The van der Waals surface area contributed by atoms with E-state index in [2.05, 4.69) is 27.0 Å². The maximum atomic E-state index is 8.85. The Morgan fingerprint density at radius 1 is 1.55 bits per heavy atom. The van der Waals surface area contributed by atoms with Gasteiger partial charge in [-0.25, -0.2) is 4.99 Å². The number of hydrogen-bond donors (Lipinski definition) is 1.